The monoisotopic (exact) mass is 401 g/mol. The van der Waals surface area contributed by atoms with Gasteiger partial charge in [0.05, 0.1) is 0 Å². The van der Waals surface area contributed by atoms with Crippen LogP contribution in [-0.4, -0.2) is 20.9 Å². The molecule has 0 atom stereocenters. The van der Waals surface area contributed by atoms with Crippen molar-refractivity contribution >= 4 is 17.4 Å². The van der Waals surface area contributed by atoms with E-state index in [1.165, 1.54) is 0 Å². The third-order valence-electron chi connectivity index (χ3n) is 5.69. The Balaban J connectivity index is 1.47. The molecule has 2 aromatic heterocycles. The van der Waals surface area contributed by atoms with Crippen LogP contribution in [0.3, 0.4) is 0 Å². The molecule has 1 fully saturated rings. The number of pyridine rings is 1. The topological polar surface area (TPSA) is 79.8 Å². The van der Waals surface area contributed by atoms with E-state index in [9.17, 15) is 4.79 Å². The van der Waals surface area contributed by atoms with Gasteiger partial charge in [0.15, 0.2) is 5.82 Å². The molecule has 4 rings (SSSR count). The molecule has 0 radical (unpaired) electrons. The van der Waals surface area contributed by atoms with Gasteiger partial charge in [0.25, 0.3) is 0 Å². The Morgan fingerprint density at radius 1 is 1.10 bits per heavy atom. The van der Waals surface area contributed by atoms with Gasteiger partial charge in [-0.1, -0.05) is 25.0 Å². The number of nitrogens with zero attached hydrogens (tertiary/aromatic N) is 3. The van der Waals surface area contributed by atoms with Gasteiger partial charge < -0.3 is 10.6 Å². The molecule has 0 saturated heterocycles. The first-order valence-corrected chi connectivity index (χ1v) is 10.5. The van der Waals surface area contributed by atoms with Crippen molar-refractivity contribution in [1.29, 1.82) is 0 Å². The lowest BCUT2D eigenvalue weighted by atomic mass is 10.1. The van der Waals surface area contributed by atoms with Gasteiger partial charge >= 0.3 is 0 Å². The number of carbonyl (C=O) groups excluding carboxylic acids is 1. The lowest BCUT2D eigenvalue weighted by Crippen LogP contribution is -2.20. The van der Waals surface area contributed by atoms with E-state index in [2.05, 4.69) is 20.6 Å². The summed E-state index contributed by atoms with van der Waals surface area (Å²) in [4.78, 5) is 25.9. The molecule has 1 aliphatic carbocycles. The molecule has 3 aromatic rings. The highest BCUT2D eigenvalue weighted by molar-refractivity contribution is 5.92. The SMILES string of the molecule is Cc1nc(-c2cccnc2)nc(NCc2cccc(NC(=O)C3CCCC3)c2)c1C. The van der Waals surface area contributed by atoms with Crippen LogP contribution in [0.1, 0.15) is 42.5 Å². The third kappa shape index (κ3) is 4.64. The summed E-state index contributed by atoms with van der Waals surface area (Å²) in [7, 11) is 0. The number of aryl methyl sites for hydroxylation is 1. The van der Waals surface area contributed by atoms with E-state index in [1.54, 1.807) is 12.4 Å². The Hall–Kier alpha value is -3.28. The van der Waals surface area contributed by atoms with Gasteiger partial charge in [-0.05, 0) is 56.5 Å². The van der Waals surface area contributed by atoms with Crippen molar-refractivity contribution < 1.29 is 4.79 Å². The molecule has 1 aromatic carbocycles. The van der Waals surface area contributed by atoms with Crippen LogP contribution in [0.25, 0.3) is 11.4 Å². The highest BCUT2D eigenvalue weighted by Gasteiger charge is 2.22. The van der Waals surface area contributed by atoms with Crippen LogP contribution in [0, 0.1) is 19.8 Å². The second-order valence-electron chi connectivity index (χ2n) is 7.87. The van der Waals surface area contributed by atoms with Crippen molar-refractivity contribution in [2.75, 3.05) is 10.6 Å². The number of aromatic nitrogens is 3. The highest BCUT2D eigenvalue weighted by atomic mass is 16.1. The highest BCUT2D eigenvalue weighted by Crippen LogP contribution is 2.26. The van der Waals surface area contributed by atoms with Crippen LogP contribution < -0.4 is 10.6 Å². The van der Waals surface area contributed by atoms with Crippen LogP contribution in [0.4, 0.5) is 11.5 Å². The molecule has 6 heteroatoms. The number of rotatable bonds is 6. The quantitative estimate of drug-likeness (QED) is 0.614. The molecule has 1 amide bonds. The number of hydrogen-bond donors (Lipinski definition) is 2. The number of amides is 1. The van der Waals surface area contributed by atoms with Crippen molar-refractivity contribution in [3.63, 3.8) is 0 Å². The third-order valence-corrected chi connectivity index (χ3v) is 5.69. The minimum absolute atomic E-state index is 0.140. The number of hydrogen-bond acceptors (Lipinski definition) is 5. The molecular formula is C24H27N5O. The largest absolute Gasteiger partial charge is 0.366 e. The van der Waals surface area contributed by atoms with Gasteiger partial charge in [0, 0.05) is 47.4 Å². The molecule has 1 saturated carbocycles. The molecular weight excluding hydrogens is 374 g/mol. The Bertz CT molecular complexity index is 1030. The van der Waals surface area contributed by atoms with Gasteiger partial charge in [-0.15, -0.1) is 0 Å². The van der Waals surface area contributed by atoms with Gasteiger partial charge in [-0.3, -0.25) is 9.78 Å². The van der Waals surface area contributed by atoms with E-state index in [0.29, 0.717) is 12.4 Å². The van der Waals surface area contributed by atoms with E-state index in [0.717, 1.165) is 59.6 Å². The second kappa shape index (κ2) is 9.03. The van der Waals surface area contributed by atoms with E-state index in [4.69, 9.17) is 4.98 Å². The fourth-order valence-corrected chi connectivity index (χ4v) is 3.80. The van der Waals surface area contributed by atoms with Crippen molar-refractivity contribution in [2.24, 2.45) is 5.92 Å². The predicted octanol–water partition coefficient (Wildman–Crippen LogP) is 4.90. The van der Waals surface area contributed by atoms with Crippen molar-refractivity contribution in [3.05, 3.63) is 65.6 Å². The number of benzene rings is 1. The van der Waals surface area contributed by atoms with Gasteiger partial charge in [-0.2, -0.15) is 0 Å². The molecule has 6 nitrogen and oxygen atoms in total. The summed E-state index contributed by atoms with van der Waals surface area (Å²) in [6.07, 6.45) is 7.81. The molecule has 30 heavy (non-hydrogen) atoms. The molecule has 154 valence electrons. The summed E-state index contributed by atoms with van der Waals surface area (Å²) in [5.74, 6) is 1.76. The van der Waals surface area contributed by atoms with Crippen LogP contribution in [0.5, 0.6) is 0 Å². The maximum atomic E-state index is 12.4. The molecule has 1 aliphatic rings. The molecule has 2 N–H and O–H groups in total. The summed E-state index contributed by atoms with van der Waals surface area (Å²) in [5, 5.41) is 6.51. The van der Waals surface area contributed by atoms with Gasteiger partial charge in [-0.25, -0.2) is 9.97 Å². The zero-order valence-electron chi connectivity index (χ0n) is 17.5. The zero-order valence-corrected chi connectivity index (χ0v) is 17.5. The molecule has 0 bridgehead atoms. The van der Waals surface area contributed by atoms with Gasteiger partial charge in [0.1, 0.15) is 5.82 Å². The first-order valence-electron chi connectivity index (χ1n) is 10.5. The smallest absolute Gasteiger partial charge is 0.227 e. The first kappa shape index (κ1) is 20.0. The normalized spacial score (nSPS) is 13.9. The van der Waals surface area contributed by atoms with E-state index < -0.39 is 0 Å². The fourth-order valence-electron chi connectivity index (χ4n) is 3.80. The van der Waals surface area contributed by atoms with E-state index >= 15 is 0 Å². The van der Waals surface area contributed by atoms with Gasteiger partial charge in [0.2, 0.25) is 5.91 Å². The molecule has 0 unspecified atom stereocenters. The molecule has 2 heterocycles. The predicted molar refractivity (Wildman–Crippen MR) is 119 cm³/mol. The number of anilines is 2. The number of carbonyl (C=O) groups is 1. The van der Waals surface area contributed by atoms with Crippen molar-refractivity contribution in [2.45, 2.75) is 46.1 Å². The summed E-state index contributed by atoms with van der Waals surface area (Å²) >= 11 is 0. The second-order valence-corrected chi connectivity index (χ2v) is 7.87. The summed E-state index contributed by atoms with van der Waals surface area (Å²) in [6, 6.07) is 11.8. The lowest BCUT2D eigenvalue weighted by molar-refractivity contribution is -0.119. The van der Waals surface area contributed by atoms with Crippen LogP contribution in [-0.2, 0) is 11.3 Å². The standard InChI is InChI=1S/C24H27N5O/c1-16-17(2)27-23(20-10-6-12-25-15-20)29-22(16)26-14-18-7-5-11-21(13-18)28-24(30)19-8-3-4-9-19/h5-7,10-13,15,19H,3-4,8-9,14H2,1-2H3,(H,28,30)(H,26,27,29). The fraction of sp³-hybridized carbons (Fsp3) is 0.333. The molecule has 0 spiro atoms. The van der Waals surface area contributed by atoms with E-state index in [1.807, 2.05) is 50.2 Å². The number of nitrogens with one attached hydrogen (secondary N) is 2. The Morgan fingerprint density at radius 3 is 2.70 bits per heavy atom. The Kier molecular flexibility index (Phi) is 6.02. The molecule has 0 aliphatic heterocycles. The van der Waals surface area contributed by atoms with Crippen molar-refractivity contribution in [3.8, 4) is 11.4 Å². The summed E-state index contributed by atoms with van der Waals surface area (Å²) in [5.41, 5.74) is 4.77. The van der Waals surface area contributed by atoms with Crippen LogP contribution in [0.15, 0.2) is 48.8 Å². The maximum Gasteiger partial charge on any atom is 0.227 e. The van der Waals surface area contributed by atoms with Crippen LogP contribution in [0.2, 0.25) is 0 Å². The van der Waals surface area contributed by atoms with Crippen LogP contribution >= 0.6 is 0 Å². The first-order chi connectivity index (χ1) is 14.6. The maximum absolute atomic E-state index is 12.4. The zero-order chi connectivity index (χ0) is 20.9. The lowest BCUT2D eigenvalue weighted by Gasteiger charge is -2.14. The summed E-state index contributed by atoms with van der Waals surface area (Å²) in [6.45, 7) is 4.61. The summed E-state index contributed by atoms with van der Waals surface area (Å²) < 4.78 is 0. The Labute approximate surface area is 177 Å². The minimum atomic E-state index is 0.140. The van der Waals surface area contributed by atoms with Crippen molar-refractivity contribution in [1.82, 2.24) is 15.0 Å². The Morgan fingerprint density at radius 2 is 1.93 bits per heavy atom. The average molecular weight is 402 g/mol. The minimum Gasteiger partial charge on any atom is -0.366 e. The average Bonchev–Trinajstić information content (AvgIpc) is 3.31. The van der Waals surface area contributed by atoms with E-state index in [-0.39, 0.29) is 11.8 Å².